The van der Waals surface area contributed by atoms with Gasteiger partial charge in [0.15, 0.2) is 5.12 Å². The van der Waals surface area contributed by atoms with Crippen molar-refractivity contribution in [2.24, 2.45) is 0 Å². The minimum Gasteiger partial charge on any atom is -0.462 e. The van der Waals surface area contributed by atoms with Crippen molar-refractivity contribution in [2.45, 2.75) is 20.3 Å². The average Bonchev–Trinajstić information content (AvgIpc) is 2.40. The highest BCUT2D eigenvalue weighted by Crippen LogP contribution is 2.15. The van der Waals surface area contributed by atoms with Gasteiger partial charge >= 0.3 is 5.97 Å². The monoisotopic (exact) mass is 291 g/mol. The van der Waals surface area contributed by atoms with Crippen LogP contribution in [0, 0.1) is 11.8 Å². The van der Waals surface area contributed by atoms with Gasteiger partial charge in [-0.2, -0.15) is 0 Å². The van der Waals surface area contributed by atoms with E-state index < -0.39 is 5.97 Å². The predicted octanol–water partition coefficient (Wildman–Crippen LogP) is 2.47. The van der Waals surface area contributed by atoms with Crippen LogP contribution in [0.25, 0.3) is 0 Å². The Balaban J connectivity index is 2.72. The van der Waals surface area contributed by atoms with Crippen LogP contribution < -0.4 is 5.73 Å². The van der Waals surface area contributed by atoms with E-state index in [1.807, 2.05) is 0 Å². The van der Waals surface area contributed by atoms with Crippen LogP contribution in [0.2, 0.25) is 0 Å². The van der Waals surface area contributed by atoms with Crippen LogP contribution in [0.3, 0.4) is 0 Å². The van der Waals surface area contributed by atoms with Crippen LogP contribution in [0.15, 0.2) is 18.2 Å². The van der Waals surface area contributed by atoms with E-state index in [9.17, 15) is 9.59 Å². The van der Waals surface area contributed by atoms with E-state index in [0.29, 0.717) is 35.6 Å². The van der Waals surface area contributed by atoms with Gasteiger partial charge in [0.1, 0.15) is 0 Å². The van der Waals surface area contributed by atoms with Crippen molar-refractivity contribution in [2.75, 3.05) is 18.1 Å². The molecule has 0 saturated carbocycles. The van der Waals surface area contributed by atoms with Crippen LogP contribution in [0.4, 0.5) is 5.69 Å². The molecule has 0 atom stereocenters. The lowest BCUT2D eigenvalue weighted by Gasteiger charge is -2.05. The van der Waals surface area contributed by atoms with Crippen LogP contribution >= 0.6 is 11.8 Å². The number of esters is 1. The first-order chi connectivity index (χ1) is 9.54. The Labute approximate surface area is 123 Å². The third-order valence-electron chi connectivity index (χ3n) is 2.31. The summed E-state index contributed by atoms with van der Waals surface area (Å²) in [6.45, 7) is 3.57. The molecule has 5 heteroatoms. The molecular formula is C15H17NO3S. The number of carbonyl (C=O) groups is 2. The number of hydrogen-bond donors (Lipinski definition) is 1. The third-order valence-corrected chi connectivity index (χ3v) is 3.13. The molecule has 0 aliphatic rings. The molecule has 0 bridgehead atoms. The summed E-state index contributed by atoms with van der Waals surface area (Å²) in [7, 11) is 0. The first-order valence-corrected chi connectivity index (χ1v) is 7.22. The number of rotatable bonds is 4. The fourth-order valence-electron chi connectivity index (χ4n) is 1.43. The number of nitrogen functional groups attached to an aromatic ring is 1. The first kappa shape index (κ1) is 16.1. The van der Waals surface area contributed by atoms with Gasteiger partial charge in [-0.15, -0.1) is 0 Å². The van der Waals surface area contributed by atoms with Crippen molar-refractivity contribution in [3.8, 4) is 11.8 Å². The number of nitrogens with two attached hydrogens (primary N) is 1. The van der Waals surface area contributed by atoms with E-state index in [1.165, 1.54) is 18.7 Å². The van der Waals surface area contributed by atoms with Gasteiger partial charge in [-0.25, -0.2) is 4.79 Å². The van der Waals surface area contributed by atoms with Crippen molar-refractivity contribution >= 4 is 28.5 Å². The van der Waals surface area contributed by atoms with Crippen molar-refractivity contribution in [3.63, 3.8) is 0 Å². The summed E-state index contributed by atoms with van der Waals surface area (Å²) in [4.78, 5) is 22.4. The molecular weight excluding hydrogens is 274 g/mol. The standard InChI is InChI=1S/C15H17NO3S/c1-3-19-15(18)13-10-12(7-8-14(13)16)6-4-5-9-20-11(2)17/h7-8,10H,3,5,9,16H2,1-2H3. The fourth-order valence-corrected chi connectivity index (χ4v) is 1.92. The summed E-state index contributed by atoms with van der Waals surface area (Å²) < 4.78 is 4.93. The van der Waals surface area contributed by atoms with Gasteiger partial charge in [0.25, 0.3) is 0 Å². The number of hydrogen-bond acceptors (Lipinski definition) is 5. The molecule has 0 radical (unpaired) electrons. The maximum absolute atomic E-state index is 11.7. The van der Waals surface area contributed by atoms with E-state index in [1.54, 1.807) is 25.1 Å². The second kappa shape index (κ2) is 8.28. The molecule has 2 N–H and O–H groups in total. The molecule has 4 nitrogen and oxygen atoms in total. The molecule has 1 rings (SSSR count). The van der Waals surface area contributed by atoms with Crippen LogP contribution in [0.5, 0.6) is 0 Å². The van der Waals surface area contributed by atoms with E-state index in [0.717, 1.165) is 0 Å². The number of thioether (sulfide) groups is 1. The van der Waals surface area contributed by atoms with Gasteiger partial charge in [-0.05, 0) is 25.1 Å². The molecule has 106 valence electrons. The summed E-state index contributed by atoms with van der Waals surface area (Å²) >= 11 is 1.25. The fraction of sp³-hybridized carbons (Fsp3) is 0.333. The second-order valence-electron chi connectivity index (χ2n) is 3.91. The molecule has 0 aromatic heterocycles. The molecule has 0 unspecified atom stereocenters. The quantitative estimate of drug-likeness (QED) is 0.399. The topological polar surface area (TPSA) is 69.4 Å². The second-order valence-corrected chi connectivity index (χ2v) is 5.19. The Bertz CT molecular complexity index is 558. The normalized spacial score (nSPS) is 9.50. The van der Waals surface area contributed by atoms with E-state index in [2.05, 4.69) is 11.8 Å². The smallest absolute Gasteiger partial charge is 0.340 e. The SMILES string of the molecule is CCOC(=O)c1cc(C#CCCSC(C)=O)ccc1N. The zero-order chi connectivity index (χ0) is 15.0. The van der Waals surface area contributed by atoms with E-state index >= 15 is 0 Å². The highest BCUT2D eigenvalue weighted by atomic mass is 32.2. The highest BCUT2D eigenvalue weighted by Gasteiger charge is 2.10. The highest BCUT2D eigenvalue weighted by molar-refractivity contribution is 8.13. The summed E-state index contributed by atoms with van der Waals surface area (Å²) in [6, 6.07) is 5.02. The van der Waals surface area contributed by atoms with Crippen LogP contribution in [0.1, 0.15) is 36.2 Å². The predicted molar refractivity (Wildman–Crippen MR) is 81.4 cm³/mol. The minimum atomic E-state index is -0.444. The molecule has 0 amide bonds. The minimum absolute atomic E-state index is 0.0869. The molecule has 1 aromatic rings. The molecule has 0 fully saturated rings. The average molecular weight is 291 g/mol. The summed E-state index contributed by atoms with van der Waals surface area (Å²) in [5.41, 5.74) is 7.15. The summed E-state index contributed by atoms with van der Waals surface area (Å²) in [5, 5.41) is 0.0869. The van der Waals surface area contributed by atoms with Crippen molar-refractivity contribution in [3.05, 3.63) is 29.3 Å². The van der Waals surface area contributed by atoms with Crippen LogP contribution in [-0.2, 0) is 9.53 Å². The molecule has 1 aromatic carbocycles. The number of benzene rings is 1. The van der Waals surface area contributed by atoms with E-state index in [-0.39, 0.29) is 5.12 Å². The zero-order valence-corrected chi connectivity index (χ0v) is 12.4. The van der Waals surface area contributed by atoms with Gasteiger partial charge in [0, 0.05) is 30.3 Å². The van der Waals surface area contributed by atoms with Crippen LogP contribution in [-0.4, -0.2) is 23.4 Å². The third kappa shape index (κ3) is 5.37. The zero-order valence-electron chi connectivity index (χ0n) is 11.6. The molecule has 20 heavy (non-hydrogen) atoms. The lowest BCUT2D eigenvalue weighted by atomic mass is 10.1. The lowest BCUT2D eigenvalue weighted by molar-refractivity contribution is -0.109. The van der Waals surface area contributed by atoms with Gasteiger partial charge in [0.2, 0.25) is 0 Å². The number of anilines is 1. The largest absolute Gasteiger partial charge is 0.462 e. The van der Waals surface area contributed by atoms with Gasteiger partial charge < -0.3 is 10.5 Å². The Morgan fingerprint density at radius 3 is 2.80 bits per heavy atom. The Morgan fingerprint density at radius 2 is 2.15 bits per heavy atom. The molecule has 0 heterocycles. The molecule has 0 saturated heterocycles. The lowest BCUT2D eigenvalue weighted by Crippen LogP contribution is -2.08. The molecule has 0 aliphatic heterocycles. The Kier molecular flexibility index (Phi) is 6.68. The van der Waals surface area contributed by atoms with Crippen molar-refractivity contribution in [1.82, 2.24) is 0 Å². The molecule has 0 spiro atoms. The maximum Gasteiger partial charge on any atom is 0.340 e. The Morgan fingerprint density at radius 1 is 1.40 bits per heavy atom. The molecule has 0 aliphatic carbocycles. The first-order valence-electron chi connectivity index (χ1n) is 6.23. The van der Waals surface area contributed by atoms with E-state index in [4.69, 9.17) is 10.5 Å². The van der Waals surface area contributed by atoms with Gasteiger partial charge in [-0.1, -0.05) is 23.6 Å². The number of carbonyl (C=O) groups excluding carboxylic acids is 2. The number of ether oxygens (including phenoxy) is 1. The summed E-state index contributed by atoms with van der Waals surface area (Å²) in [5.74, 6) is 6.13. The van der Waals surface area contributed by atoms with Gasteiger partial charge in [0.05, 0.1) is 12.2 Å². The van der Waals surface area contributed by atoms with Crippen molar-refractivity contribution < 1.29 is 14.3 Å². The maximum atomic E-state index is 11.7. The Hall–Kier alpha value is -1.93. The summed E-state index contributed by atoms with van der Waals surface area (Å²) in [6.07, 6.45) is 0.614. The van der Waals surface area contributed by atoms with Gasteiger partial charge in [-0.3, -0.25) is 4.79 Å². The van der Waals surface area contributed by atoms with Crippen molar-refractivity contribution in [1.29, 1.82) is 0 Å².